The quantitative estimate of drug-likeness (QED) is 0.125. The van der Waals surface area contributed by atoms with E-state index in [2.05, 4.69) is 0 Å². The van der Waals surface area contributed by atoms with Crippen LogP contribution in [0.4, 0.5) is 26.3 Å². The fourth-order valence-electron chi connectivity index (χ4n) is 4.21. The van der Waals surface area contributed by atoms with E-state index in [0.717, 1.165) is 18.9 Å². The molecule has 4 aromatic carbocycles. The molecule has 0 aromatic heterocycles. The lowest BCUT2D eigenvalue weighted by molar-refractivity contribution is 0.190. The fourth-order valence-corrected chi connectivity index (χ4v) is 4.21. The van der Waals surface area contributed by atoms with E-state index in [1.54, 1.807) is 24.3 Å². The van der Waals surface area contributed by atoms with E-state index in [-0.39, 0.29) is 47.0 Å². The lowest BCUT2D eigenvalue weighted by atomic mass is 10.0. The molecular weight excluding hydrogens is 546 g/mol. The molecule has 0 fully saturated rings. The van der Waals surface area contributed by atoms with E-state index in [4.69, 9.17) is 14.2 Å². The Morgan fingerprint density at radius 1 is 0.659 bits per heavy atom. The molecule has 0 saturated heterocycles. The van der Waals surface area contributed by atoms with Crippen molar-refractivity contribution < 1.29 is 40.6 Å². The van der Waals surface area contributed by atoms with Gasteiger partial charge in [0.1, 0.15) is 12.8 Å². The minimum absolute atomic E-state index is 0.0493. The van der Waals surface area contributed by atoms with Crippen molar-refractivity contribution in [2.75, 3.05) is 20.3 Å². The summed E-state index contributed by atoms with van der Waals surface area (Å²) in [6, 6.07) is 15.1. The summed E-state index contributed by atoms with van der Waals surface area (Å²) in [7, 11) is 1.20. The Labute approximate surface area is 234 Å². The predicted octanol–water partition coefficient (Wildman–Crippen LogP) is 8.86. The lowest BCUT2D eigenvalue weighted by Crippen LogP contribution is -2.16. The molecule has 0 spiro atoms. The number of rotatable bonds is 12. The second-order valence-electron chi connectivity index (χ2n) is 9.34. The van der Waals surface area contributed by atoms with E-state index in [9.17, 15) is 26.3 Å². The van der Waals surface area contributed by atoms with Gasteiger partial charge in [-0.1, -0.05) is 43.7 Å². The van der Waals surface area contributed by atoms with E-state index >= 15 is 0 Å². The molecule has 4 aromatic rings. The second-order valence-corrected chi connectivity index (χ2v) is 9.34. The highest BCUT2D eigenvalue weighted by Gasteiger charge is 2.19. The molecule has 0 radical (unpaired) electrons. The van der Waals surface area contributed by atoms with Crippen LogP contribution in [-0.2, 0) is 6.42 Å². The molecule has 0 aliphatic carbocycles. The maximum atomic E-state index is 14.7. The maximum Gasteiger partial charge on any atom is 0.201 e. The number of benzene rings is 4. The van der Waals surface area contributed by atoms with Crippen molar-refractivity contribution in [3.63, 3.8) is 0 Å². The summed E-state index contributed by atoms with van der Waals surface area (Å²) in [6.45, 7) is 1.78. The predicted molar refractivity (Wildman–Crippen MR) is 145 cm³/mol. The van der Waals surface area contributed by atoms with Gasteiger partial charge in [-0.15, -0.1) is 0 Å². The highest BCUT2D eigenvalue weighted by molar-refractivity contribution is 5.67. The van der Waals surface area contributed by atoms with E-state index < -0.39 is 41.9 Å². The molecule has 0 saturated carbocycles. The highest BCUT2D eigenvalue weighted by Crippen LogP contribution is 2.33. The zero-order valence-corrected chi connectivity index (χ0v) is 22.5. The number of ether oxygens (including phenoxy) is 3. The molecule has 0 N–H and O–H groups in total. The summed E-state index contributed by atoms with van der Waals surface area (Å²) in [4.78, 5) is 0. The summed E-state index contributed by atoms with van der Waals surface area (Å²) in [5.74, 6) is -6.02. The smallest absolute Gasteiger partial charge is 0.201 e. The van der Waals surface area contributed by atoms with Gasteiger partial charge in [-0.25, -0.2) is 17.6 Å². The minimum atomic E-state index is -1.51. The highest BCUT2D eigenvalue weighted by atomic mass is 19.2. The minimum Gasteiger partial charge on any atom is -0.494 e. The molecule has 41 heavy (non-hydrogen) atoms. The normalized spacial score (nSPS) is 11.8. The average molecular weight is 575 g/mol. The van der Waals surface area contributed by atoms with Crippen LogP contribution in [-0.4, -0.2) is 26.5 Å². The molecule has 0 bridgehead atoms. The van der Waals surface area contributed by atoms with Gasteiger partial charge in [-0.3, -0.25) is 0 Å². The van der Waals surface area contributed by atoms with Crippen molar-refractivity contribution in [3.8, 4) is 39.5 Å². The monoisotopic (exact) mass is 574 g/mol. The Bertz CT molecular complexity index is 1490. The lowest BCUT2D eigenvalue weighted by Gasteiger charge is -2.13. The Morgan fingerprint density at radius 2 is 1.24 bits per heavy atom. The Balaban J connectivity index is 1.36. The van der Waals surface area contributed by atoms with Crippen LogP contribution < -0.4 is 14.2 Å². The van der Waals surface area contributed by atoms with Gasteiger partial charge in [0.2, 0.25) is 11.6 Å². The third-order valence-corrected chi connectivity index (χ3v) is 6.45. The molecule has 1 atom stereocenters. The SMILES string of the molecule is CCCCOc1ccc(-c2ccc(CC(F)COc3ccc(-c4ccc(OC)c(F)c4F)cc3F)cc2)c(F)c1F. The van der Waals surface area contributed by atoms with Gasteiger partial charge < -0.3 is 14.2 Å². The Morgan fingerprint density at radius 3 is 1.88 bits per heavy atom. The molecule has 1 unspecified atom stereocenters. The summed E-state index contributed by atoms with van der Waals surface area (Å²) < 4.78 is 102. The van der Waals surface area contributed by atoms with Gasteiger partial charge in [0.15, 0.2) is 34.7 Å². The van der Waals surface area contributed by atoms with Crippen LogP contribution in [0, 0.1) is 29.1 Å². The van der Waals surface area contributed by atoms with Gasteiger partial charge in [0.05, 0.1) is 13.7 Å². The third-order valence-electron chi connectivity index (χ3n) is 6.45. The van der Waals surface area contributed by atoms with Crippen LogP contribution in [0.5, 0.6) is 17.2 Å². The third kappa shape index (κ3) is 6.96. The zero-order chi connectivity index (χ0) is 29.5. The van der Waals surface area contributed by atoms with E-state index in [1.165, 1.54) is 43.5 Å². The summed E-state index contributed by atoms with van der Waals surface area (Å²) in [5, 5.41) is 0. The fraction of sp³-hybridized carbons (Fsp3) is 0.250. The number of halogens is 6. The molecule has 0 aliphatic rings. The molecule has 216 valence electrons. The standard InChI is InChI=1S/C32H28F6O3/c1-3-4-15-40-28-14-11-23(29(35)32(28)38)20-7-5-19(6-8-20)16-22(33)18-41-26-12-9-21(17-25(26)34)24-10-13-27(39-2)31(37)30(24)36/h5-14,17,22H,3-4,15-16,18H2,1-2H3. The van der Waals surface area contributed by atoms with Crippen LogP contribution in [0.3, 0.4) is 0 Å². The van der Waals surface area contributed by atoms with Crippen molar-refractivity contribution in [2.24, 2.45) is 0 Å². The van der Waals surface area contributed by atoms with Crippen molar-refractivity contribution in [2.45, 2.75) is 32.4 Å². The summed E-state index contributed by atoms with van der Waals surface area (Å²) >= 11 is 0. The average Bonchev–Trinajstić information content (AvgIpc) is 2.97. The first kappa shape index (κ1) is 29.8. The Hall–Kier alpha value is -4.14. The molecule has 0 aliphatic heterocycles. The van der Waals surface area contributed by atoms with Crippen LogP contribution in [0.15, 0.2) is 66.7 Å². The number of methoxy groups -OCH3 is 1. The summed E-state index contributed by atoms with van der Waals surface area (Å²) in [6.07, 6.45) is 0.000567. The first-order chi connectivity index (χ1) is 19.7. The number of alkyl halides is 1. The van der Waals surface area contributed by atoms with Gasteiger partial charge in [0.25, 0.3) is 0 Å². The molecule has 0 heterocycles. The van der Waals surface area contributed by atoms with Crippen molar-refractivity contribution >= 4 is 0 Å². The first-order valence-electron chi connectivity index (χ1n) is 13.0. The molecule has 9 heteroatoms. The van der Waals surface area contributed by atoms with Gasteiger partial charge in [0, 0.05) is 17.5 Å². The summed E-state index contributed by atoms with van der Waals surface area (Å²) in [5.41, 5.74) is 0.929. The topological polar surface area (TPSA) is 27.7 Å². The van der Waals surface area contributed by atoms with E-state index in [1.807, 2.05) is 6.92 Å². The van der Waals surface area contributed by atoms with Crippen LogP contribution >= 0.6 is 0 Å². The van der Waals surface area contributed by atoms with Gasteiger partial charge >= 0.3 is 0 Å². The van der Waals surface area contributed by atoms with E-state index in [0.29, 0.717) is 11.1 Å². The largest absolute Gasteiger partial charge is 0.494 e. The molecule has 3 nitrogen and oxygen atoms in total. The molecule has 0 amide bonds. The number of hydrogen-bond acceptors (Lipinski definition) is 3. The number of unbranched alkanes of at least 4 members (excludes halogenated alkanes) is 1. The Kier molecular flexibility index (Phi) is 9.81. The van der Waals surface area contributed by atoms with Crippen molar-refractivity contribution in [3.05, 3.63) is 101 Å². The number of hydrogen-bond donors (Lipinski definition) is 0. The van der Waals surface area contributed by atoms with Crippen LogP contribution in [0.25, 0.3) is 22.3 Å². The van der Waals surface area contributed by atoms with Gasteiger partial charge in [-0.2, -0.15) is 8.78 Å². The second kappa shape index (κ2) is 13.5. The maximum absolute atomic E-state index is 14.7. The van der Waals surface area contributed by atoms with Crippen LogP contribution in [0.1, 0.15) is 25.3 Å². The molecule has 4 rings (SSSR count). The van der Waals surface area contributed by atoms with Crippen molar-refractivity contribution in [1.82, 2.24) is 0 Å². The van der Waals surface area contributed by atoms with Crippen molar-refractivity contribution in [1.29, 1.82) is 0 Å². The molecular formula is C32H28F6O3. The van der Waals surface area contributed by atoms with Crippen LogP contribution in [0.2, 0.25) is 0 Å². The first-order valence-corrected chi connectivity index (χ1v) is 13.0. The zero-order valence-electron chi connectivity index (χ0n) is 22.5. The van der Waals surface area contributed by atoms with Gasteiger partial charge in [-0.05, 0) is 59.5 Å².